The van der Waals surface area contributed by atoms with Gasteiger partial charge in [0.15, 0.2) is 0 Å². The van der Waals surface area contributed by atoms with Gasteiger partial charge < -0.3 is 9.97 Å². The van der Waals surface area contributed by atoms with Crippen LogP contribution in [0.3, 0.4) is 0 Å². The highest BCUT2D eigenvalue weighted by atomic mass is 16.1. The lowest BCUT2D eigenvalue weighted by Gasteiger charge is -2.51. The summed E-state index contributed by atoms with van der Waals surface area (Å²) in [5, 5.41) is 1.22. The van der Waals surface area contributed by atoms with Crippen molar-refractivity contribution in [3.05, 3.63) is 80.9 Å². The zero-order valence-electron chi connectivity index (χ0n) is 16.4. The second kappa shape index (κ2) is 6.37. The van der Waals surface area contributed by atoms with Crippen molar-refractivity contribution in [3.8, 4) is 0 Å². The third-order valence-corrected chi connectivity index (χ3v) is 6.53. The molecule has 29 heavy (non-hydrogen) atoms. The van der Waals surface area contributed by atoms with Crippen molar-refractivity contribution in [1.29, 1.82) is 0 Å². The van der Waals surface area contributed by atoms with Crippen molar-refractivity contribution in [3.63, 3.8) is 0 Å². The number of nitrogens with one attached hydrogen (secondary N) is 2. The summed E-state index contributed by atoms with van der Waals surface area (Å²) in [5.41, 5.74) is 1.19. The molecule has 1 aliphatic carbocycles. The largest absolute Gasteiger partial charge is 0.310 e. The van der Waals surface area contributed by atoms with Crippen LogP contribution in [0.5, 0.6) is 0 Å². The summed E-state index contributed by atoms with van der Waals surface area (Å²) in [4.78, 5) is 40.1. The molecule has 4 aromatic rings. The molecule has 2 heterocycles. The highest BCUT2D eigenvalue weighted by molar-refractivity contribution is 5.77. The Morgan fingerprint density at radius 2 is 1.48 bits per heavy atom. The molecule has 2 aromatic heterocycles. The van der Waals surface area contributed by atoms with E-state index in [1.807, 2.05) is 36.4 Å². The summed E-state index contributed by atoms with van der Waals surface area (Å²) in [6.07, 6.45) is 1.59. The topological polar surface area (TPSA) is 91.5 Å². The quantitative estimate of drug-likeness (QED) is 0.563. The molecule has 2 unspecified atom stereocenters. The Kier molecular flexibility index (Phi) is 3.91. The van der Waals surface area contributed by atoms with Crippen molar-refractivity contribution in [2.45, 2.75) is 32.6 Å². The van der Waals surface area contributed by atoms with Gasteiger partial charge in [-0.15, -0.1) is 0 Å². The second-order valence-corrected chi connectivity index (χ2v) is 8.51. The predicted octanol–water partition coefficient (Wildman–Crippen LogP) is 3.53. The van der Waals surface area contributed by atoms with Crippen LogP contribution in [0.25, 0.3) is 21.8 Å². The molecule has 1 saturated carbocycles. The number of benzene rings is 2. The zero-order chi connectivity index (χ0) is 20.2. The Hall–Kier alpha value is -3.28. The minimum absolute atomic E-state index is 0.0669. The molecular formula is C23H22N4O2. The molecule has 6 nitrogen and oxygen atoms in total. The highest BCUT2D eigenvalue weighted by Gasteiger charge is 2.50. The SMILES string of the molecule is CC1(C)C(Cc2nc3ccccc3c(=O)[nH]2)CC1c1nc2ccccc2c(=O)[nH]1. The van der Waals surface area contributed by atoms with Gasteiger partial charge in [-0.05, 0) is 42.0 Å². The van der Waals surface area contributed by atoms with E-state index in [0.29, 0.717) is 28.9 Å². The van der Waals surface area contributed by atoms with Crippen LogP contribution in [-0.2, 0) is 6.42 Å². The number of hydrogen-bond donors (Lipinski definition) is 2. The van der Waals surface area contributed by atoms with E-state index in [2.05, 4.69) is 28.8 Å². The lowest BCUT2D eigenvalue weighted by atomic mass is 9.53. The highest BCUT2D eigenvalue weighted by Crippen LogP contribution is 2.56. The van der Waals surface area contributed by atoms with Gasteiger partial charge in [0.05, 0.1) is 21.8 Å². The first-order valence-corrected chi connectivity index (χ1v) is 9.90. The molecule has 0 amide bonds. The zero-order valence-corrected chi connectivity index (χ0v) is 16.4. The van der Waals surface area contributed by atoms with Gasteiger partial charge in [0.2, 0.25) is 0 Å². The molecule has 2 atom stereocenters. The lowest BCUT2D eigenvalue weighted by molar-refractivity contribution is 0.0272. The summed E-state index contributed by atoms with van der Waals surface area (Å²) in [6.45, 7) is 4.39. The average Bonchev–Trinajstić information content (AvgIpc) is 2.71. The van der Waals surface area contributed by atoms with Gasteiger partial charge in [-0.3, -0.25) is 9.59 Å². The first-order chi connectivity index (χ1) is 13.9. The van der Waals surface area contributed by atoms with Crippen LogP contribution in [0, 0.1) is 11.3 Å². The van der Waals surface area contributed by atoms with Gasteiger partial charge in [-0.2, -0.15) is 0 Å². The minimum atomic E-state index is -0.0974. The maximum Gasteiger partial charge on any atom is 0.258 e. The second-order valence-electron chi connectivity index (χ2n) is 8.51. The number of hydrogen-bond acceptors (Lipinski definition) is 4. The summed E-state index contributed by atoms with van der Waals surface area (Å²) in [5.74, 6) is 1.96. The molecule has 2 aromatic carbocycles. The predicted molar refractivity (Wildman–Crippen MR) is 113 cm³/mol. The van der Waals surface area contributed by atoms with Gasteiger partial charge in [-0.25, -0.2) is 9.97 Å². The Balaban J connectivity index is 1.43. The van der Waals surface area contributed by atoms with Crippen LogP contribution in [0.15, 0.2) is 58.1 Å². The van der Waals surface area contributed by atoms with Crippen LogP contribution < -0.4 is 11.1 Å². The molecule has 6 heteroatoms. The fourth-order valence-electron chi connectivity index (χ4n) is 4.56. The van der Waals surface area contributed by atoms with E-state index in [1.54, 1.807) is 12.1 Å². The third-order valence-electron chi connectivity index (χ3n) is 6.53. The van der Waals surface area contributed by atoms with Crippen LogP contribution >= 0.6 is 0 Å². The monoisotopic (exact) mass is 386 g/mol. The fourth-order valence-corrected chi connectivity index (χ4v) is 4.56. The molecular weight excluding hydrogens is 364 g/mol. The number of nitrogens with zero attached hydrogens (tertiary/aromatic N) is 2. The van der Waals surface area contributed by atoms with Gasteiger partial charge in [0, 0.05) is 12.3 Å². The Morgan fingerprint density at radius 3 is 2.14 bits per heavy atom. The van der Waals surface area contributed by atoms with E-state index in [1.165, 1.54) is 0 Å². The van der Waals surface area contributed by atoms with Crippen molar-refractivity contribution in [1.82, 2.24) is 19.9 Å². The van der Waals surface area contributed by atoms with Gasteiger partial charge in [-0.1, -0.05) is 38.1 Å². The average molecular weight is 386 g/mol. The molecule has 5 rings (SSSR count). The van der Waals surface area contributed by atoms with Gasteiger partial charge in [0.25, 0.3) is 11.1 Å². The molecule has 0 saturated heterocycles. The summed E-state index contributed by atoms with van der Waals surface area (Å²) in [7, 11) is 0. The van der Waals surface area contributed by atoms with E-state index < -0.39 is 0 Å². The molecule has 146 valence electrons. The van der Waals surface area contributed by atoms with Crippen LogP contribution in [0.4, 0.5) is 0 Å². The Bertz CT molecular complexity index is 1350. The first-order valence-electron chi connectivity index (χ1n) is 9.90. The molecule has 0 radical (unpaired) electrons. The normalized spacial score (nSPS) is 20.6. The van der Waals surface area contributed by atoms with Crippen molar-refractivity contribution < 1.29 is 0 Å². The lowest BCUT2D eigenvalue weighted by Crippen LogP contribution is -2.45. The number of fused-ring (bicyclic) bond motifs is 2. The molecule has 1 aliphatic rings. The van der Waals surface area contributed by atoms with Gasteiger partial charge >= 0.3 is 0 Å². The van der Waals surface area contributed by atoms with E-state index in [-0.39, 0.29) is 22.5 Å². The number of H-pyrrole nitrogens is 2. The van der Waals surface area contributed by atoms with E-state index >= 15 is 0 Å². The molecule has 2 N–H and O–H groups in total. The first kappa shape index (κ1) is 17.8. The van der Waals surface area contributed by atoms with E-state index in [9.17, 15) is 9.59 Å². The van der Waals surface area contributed by atoms with Crippen molar-refractivity contribution in [2.75, 3.05) is 0 Å². The van der Waals surface area contributed by atoms with Crippen molar-refractivity contribution in [2.24, 2.45) is 11.3 Å². The summed E-state index contributed by atoms with van der Waals surface area (Å²) < 4.78 is 0. The number of aromatic amines is 2. The smallest absolute Gasteiger partial charge is 0.258 e. The minimum Gasteiger partial charge on any atom is -0.310 e. The summed E-state index contributed by atoms with van der Waals surface area (Å²) in [6, 6.07) is 14.8. The standard InChI is InChI=1S/C23H22N4O2/c1-23(2)13(12-19-24-17-9-5-3-7-14(17)21(28)26-19)11-16(23)20-25-18-10-6-4-8-15(18)22(29)27-20/h3-10,13,16H,11-12H2,1-2H3,(H,24,26,28)(H,25,27,29). The summed E-state index contributed by atoms with van der Waals surface area (Å²) >= 11 is 0. The van der Waals surface area contributed by atoms with E-state index in [0.717, 1.165) is 23.3 Å². The number of para-hydroxylation sites is 2. The van der Waals surface area contributed by atoms with Gasteiger partial charge in [0.1, 0.15) is 11.6 Å². The Morgan fingerprint density at radius 1 is 0.897 bits per heavy atom. The van der Waals surface area contributed by atoms with Crippen LogP contribution in [0.2, 0.25) is 0 Å². The number of rotatable bonds is 3. The van der Waals surface area contributed by atoms with Crippen LogP contribution in [0.1, 0.15) is 37.8 Å². The Labute approximate surface area is 167 Å². The third kappa shape index (κ3) is 2.87. The number of aromatic nitrogens is 4. The fraction of sp³-hybridized carbons (Fsp3) is 0.304. The maximum absolute atomic E-state index is 12.4. The molecule has 1 fully saturated rings. The molecule has 0 spiro atoms. The van der Waals surface area contributed by atoms with E-state index in [4.69, 9.17) is 4.98 Å². The van der Waals surface area contributed by atoms with Crippen LogP contribution in [-0.4, -0.2) is 19.9 Å². The molecule has 0 bridgehead atoms. The molecule has 0 aliphatic heterocycles. The maximum atomic E-state index is 12.4. The van der Waals surface area contributed by atoms with Crippen molar-refractivity contribution >= 4 is 21.8 Å².